The normalized spacial score (nSPS) is 23.0. The molecule has 0 spiro atoms. The third-order valence-electron chi connectivity index (χ3n) is 5.97. The summed E-state index contributed by atoms with van der Waals surface area (Å²) in [5.74, 6) is 2.18. The highest BCUT2D eigenvalue weighted by Crippen LogP contribution is 2.29. The van der Waals surface area contributed by atoms with E-state index in [9.17, 15) is 8.42 Å². The Hall–Kier alpha value is -1.16. The van der Waals surface area contributed by atoms with Crippen LogP contribution in [0.15, 0.2) is 22.5 Å². The lowest BCUT2D eigenvalue weighted by atomic mass is 9.97. The summed E-state index contributed by atoms with van der Waals surface area (Å²) in [4.78, 5) is 10.6. The summed E-state index contributed by atoms with van der Waals surface area (Å²) >= 11 is 1.82. The number of piperidine rings is 1. The van der Waals surface area contributed by atoms with Gasteiger partial charge in [-0.05, 0) is 43.3 Å². The predicted molar refractivity (Wildman–Crippen MR) is 121 cm³/mol. The minimum absolute atomic E-state index is 0.275. The van der Waals surface area contributed by atoms with Crippen LogP contribution in [0, 0.1) is 5.92 Å². The molecule has 2 N–H and O–H groups in total. The number of nitrogens with zero attached hydrogens (tertiary/aromatic N) is 3. The third-order valence-corrected chi connectivity index (χ3v) is 8.56. The molecule has 9 heteroatoms. The number of likely N-dealkylation sites (tertiary alicyclic amines) is 1. The molecule has 3 rings (SSSR count). The Balaban J connectivity index is 1.46. The Bertz CT molecular complexity index is 729. The lowest BCUT2D eigenvalue weighted by Gasteiger charge is -2.36. The molecule has 0 saturated carbocycles. The Labute approximate surface area is 179 Å². The number of guanidine groups is 1. The van der Waals surface area contributed by atoms with Gasteiger partial charge in [-0.25, -0.2) is 8.42 Å². The van der Waals surface area contributed by atoms with Crippen molar-refractivity contribution in [3.63, 3.8) is 0 Å². The summed E-state index contributed by atoms with van der Waals surface area (Å²) in [5, 5.41) is 9.04. The molecule has 2 aliphatic rings. The molecule has 7 nitrogen and oxygen atoms in total. The van der Waals surface area contributed by atoms with Gasteiger partial charge in [0.2, 0.25) is 0 Å². The molecule has 2 aliphatic heterocycles. The largest absolute Gasteiger partial charge is 0.355 e. The standard InChI is InChI=1S/C20H35N5O2S2/c1-17-5-8-25(9-6-17)18(19-4-3-13-28-19)16-23-20(21-2)22-7-10-24-11-14-29(26,27)15-12-24/h3-4,13,17-18H,5-12,14-16H2,1-2H3,(H2,21,22,23). The minimum Gasteiger partial charge on any atom is -0.355 e. The highest BCUT2D eigenvalue weighted by molar-refractivity contribution is 7.91. The van der Waals surface area contributed by atoms with Crippen LogP contribution in [0.5, 0.6) is 0 Å². The average molecular weight is 442 g/mol. The van der Waals surface area contributed by atoms with E-state index in [1.165, 1.54) is 17.7 Å². The summed E-state index contributed by atoms with van der Waals surface area (Å²) in [5.41, 5.74) is 0. The van der Waals surface area contributed by atoms with E-state index in [4.69, 9.17) is 0 Å². The summed E-state index contributed by atoms with van der Waals surface area (Å²) in [6.07, 6.45) is 2.53. The highest BCUT2D eigenvalue weighted by Gasteiger charge is 2.25. The van der Waals surface area contributed by atoms with Crippen molar-refractivity contribution in [2.45, 2.75) is 25.8 Å². The molecule has 0 amide bonds. The second kappa shape index (κ2) is 10.7. The molecule has 1 atom stereocenters. The van der Waals surface area contributed by atoms with E-state index < -0.39 is 9.84 Å². The maximum absolute atomic E-state index is 11.5. The first-order valence-corrected chi connectivity index (χ1v) is 13.3. The molecule has 3 heterocycles. The second-order valence-electron chi connectivity index (χ2n) is 8.12. The van der Waals surface area contributed by atoms with Gasteiger partial charge in [0.05, 0.1) is 17.5 Å². The number of aliphatic imine (C=N–C) groups is 1. The molecular formula is C20H35N5O2S2. The van der Waals surface area contributed by atoms with E-state index in [1.54, 1.807) is 7.05 Å². The number of sulfone groups is 1. The number of hydrogen-bond donors (Lipinski definition) is 2. The van der Waals surface area contributed by atoms with Gasteiger partial charge in [0.1, 0.15) is 0 Å². The smallest absolute Gasteiger partial charge is 0.191 e. The molecule has 2 saturated heterocycles. The zero-order valence-electron chi connectivity index (χ0n) is 17.6. The summed E-state index contributed by atoms with van der Waals surface area (Å²) in [6.45, 7) is 8.31. The van der Waals surface area contributed by atoms with Gasteiger partial charge in [-0.3, -0.25) is 14.8 Å². The molecule has 2 fully saturated rings. The van der Waals surface area contributed by atoms with Gasteiger partial charge in [0, 0.05) is 44.6 Å². The first-order chi connectivity index (χ1) is 14.0. The number of thiophene rings is 1. The van der Waals surface area contributed by atoms with Crippen LogP contribution in [0.2, 0.25) is 0 Å². The van der Waals surface area contributed by atoms with Crippen LogP contribution in [0.25, 0.3) is 0 Å². The molecule has 164 valence electrons. The van der Waals surface area contributed by atoms with E-state index in [0.717, 1.165) is 44.6 Å². The molecule has 1 unspecified atom stereocenters. The minimum atomic E-state index is -2.82. The Morgan fingerprint density at radius 3 is 2.59 bits per heavy atom. The molecule has 29 heavy (non-hydrogen) atoms. The fourth-order valence-electron chi connectivity index (χ4n) is 3.95. The van der Waals surface area contributed by atoms with Crippen molar-refractivity contribution in [1.82, 2.24) is 20.4 Å². The van der Waals surface area contributed by atoms with E-state index >= 15 is 0 Å². The first kappa shape index (κ1) is 22.5. The molecule has 0 aromatic carbocycles. The summed E-state index contributed by atoms with van der Waals surface area (Å²) < 4.78 is 23.1. The van der Waals surface area contributed by atoms with Crippen LogP contribution in [-0.2, 0) is 9.84 Å². The third kappa shape index (κ3) is 6.94. The number of rotatable bonds is 7. The summed E-state index contributed by atoms with van der Waals surface area (Å²) in [6, 6.07) is 4.73. The van der Waals surface area contributed by atoms with Gasteiger partial charge in [0.15, 0.2) is 15.8 Å². The topological polar surface area (TPSA) is 77.0 Å². The monoisotopic (exact) mass is 441 g/mol. The van der Waals surface area contributed by atoms with Gasteiger partial charge in [-0.2, -0.15) is 0 Å². The molecule has 0 radical (unpaired) electrons. The van der Waals surface area contributed by atoms with Crippen LogP contribution >= 0.6 is 11.3 Å². The van der Waals surface area contributed by atoms with Crippen LogP contribution in [0.3, 0.4) is 0 Å². The van der Waals surface area contributed by atoms with Gasteiger partial charge in [-0.15, -0.1) is 11.3 Å². The molecule has 0 aliphatic carbocycles. The fourth-order valence-corrected chi connectivity index (χ4v) is 6.09. The predicted octanol–water partition coefficient (Wildman–Crippen LogP) is 1.42. The van der Waals surface area contributed by atoms with Crippen molar-refractivity contribution in [2.75, 3.05) is 64.4 Å². The quantitative estimate of drug-likeness (QED) is 0.492. The van der Waals surface area contributed by atoms with E-state index in [0.29, 0.717) is 19.1 Å². The highest BCUT2D eigenvalue weighted by atomic mass is 32.2. The molecule has 1 aromatic heterocycles. The van der Waals surface area contributed by atoms with E-state index in [1.807, 2.05) is 11.3 Å². The van der Waals surface area contributed by atoms with Crippen LogP contribution in [-0.4, -0.2) is 88.5 Å². The van der Waals surface area contributed by atoms with Crippen molar-refractivity contribution >= 4 is 27.1 Å². The number of nitrogens with one attached hydrogen (secondary N) is 2. The van der Waals surface area contributed by atoms with Crippen molar-refractivity contribution in [1.29, 1.82) is 0 Å². The Morgan fingerprint density at radius 1 is 1.24 bits per heavy atom. The van der Waals surface area contributed by atoms with Gasteiger partial charge in [-0.1, -0.05) is 13.0 Å². The van der Waals surface area contributed by atoms with Gasteiger partial charge in [0.25, 0.3) is 0 Å². The van der Waals surface area contributed by atoms with Gasteiger partial charge >= 0.3 is 0 Å². The lowest BCUT2D eigenvalue weighted by molar-refractivity contribution is 0.140. The SMILES string of the molecule is CN=C(NCCN1CCS(=O)(=O)CC1)NCC(c1cccs1)N1CCC(C)CC1. The van der Waals surface area contributed by atoms with Crippen LogP contribution in [0.4, 0.5) is 0 Å². The number of hydrogen-bond acceptors (Lipinski definition) is 6. The van der Waals surface area contributed by atoms with Crippen molar-refractivity contribution < 1.29 is 8.42 Å². The Kier molecular flexibility index (Phi) is 8.35. The fraction of sp³-hybridized carbons (Fsp3) is 0.750. The molecule has 0 bridgehead atoms. The second-order valence-corrected chi connectivity index (χ2v) is 11.4. The van der Waals surface area contributed by atoms with Crippen molar-refractivity contribution in [3.05, 3.63) is 22.4 Å². The average Bonchev–Trinajstić information content (AvgIpc) is 3.23. The van der Waals surface area contributed by atoms with E-state index in [-0.39, 0.29) is 11.5 Å². The van der Waals surface area contributed by atoms with Crippen molar-refractivity contribution in [2.24, 2.45) is 10.9 Å². The summed E-state index contributed by atoms with van der Waals surface area (Å²) in [7, 11) is -1.02. The van der Waals surface area contributed by atoms with Crippen molar-refractivity contribution in [3.8, 4) is 0 Å². The maximum Gasteiger partial charge on any atom is 0.191 e. The Morgan fingerprint density at radius 2 is 1.97 bits per heavy atom. The molecular weight excluding hydrogens is 406 g/mol. The maximum atomic E-state index is 11.5. The van der Waals surface area contributed by atoms with E-state index in [2.05, 4.69) is 49.9 Å². The molecule has 1 aromatic rings. The van der Waals surface area contributed by atoms with Gasteiger partial charge < -0.3 is 10.6 Å². The zero-order valence-corrected chi connectivity index (χ0v) is 19.3. The zero-order chi connectivity index (χ0) is 20.7. The first-order valence-electron chi connectivity index (χ1n) is 10.6. The van der Waals surface area contributed by atoms with Crippen LogP contribution < -0.4 is 10.6 Å². The van der Waals surface area contributed by atoms with Crippen LogP contribution in [0.1, 0.15) is 30.7 Å². The lowest BCUT2D eigenvalue weighted by Crippen LogP contribution is -2.47.